The van der Waals surface area contributed by atoms with E-state index in [9.17, 15) is 9.90 Å². The summed E-state index contributed by atoms with van der Waals surface area (Å²) in [6, 6.07) is 16.7. The third kappa shape index (κ3) is 3.83. The molecule has 3 aromatic rings. The second-order valence-electron chi connectivity index (χ2n) is 4.95. The second-order valence-corrected chi connectivity index (χ2v) is 5.39. The summed E-state index contributed by atoms with van der Waals surface area (Å²) in [6.07, 6.45) is 1.41. The van der Waals surface area contributed by atoms with Crippen molar-refractivity contribution in [3.63, 3.8) is 0 Å². The van der Waals surface area contributed by atoms with Crippen LogP contribution in [0.5, 0.6) is 5.75 Å². The first-order valence-corrected chi connectivity index (χ1v) is 7.48. The van der Waals surface area contributed by atoms with Crippen molar-refractivity contribution in [2.75, 3.05) is 0 Å². The molecule has 0 saturated carbocycles. The molecule has 0 aliphatic rings. The Morgan fingerprint density at radius 2 is 1.75 bits per heavy atom. The normalized spacial score (nSPS) is 10.9. The Bertz CT molecular complexity index is 868. The maximum absolute atomic E-state index is 11.9. The highest BCUT2D eigenvalue weighted by atomic mass is 35.5. The van der Waals surface area contributed by atoms with Gasteiger partial charge in [0.2, 0.25) is 0 Å². The van der Waals surface area contributed by atoms with Gasteiger partial charge in [-0.25, -0.2) is 5.43 Å². The number of amides is 1. The zero-order chi connectivity index (χ0) is 16.9. The Kier molecular flexibility index (Phi) is 4.63. The Balaban J connectivity index is 1.64. The number of hydrogen-bond donors (Lipinski definition) is 2. The van der Waals surface area contributed by atoms with E-state index in [4.69, 9.17) is 16.0 Å². The molecule has 24 heavy (non-hydrogen) atoms. The number of rotatable bonds is 4. The first-order valence-electron chi connectivity index (χ1n) is 7.10. The van der Waals surface area contributed by atoms with E-state index >= 15 is 0 Å². The molecule has 6 heteroatoms. The van der Waals surface area contributed by atoms with E-state index in [2.05, 4.69) is 10.5 Å². The topological polar surface area (TPSA) is 74.8 Å². The maximum Gasteiger partial charge on any atom is 0.271 e. The summed E-state index contributed by atoms with van der Waals surface area (Å²) in [7, 11) is 0. The number of benzene rings is 2. The van der Waals surface area contributed by atoms with Crippen molar-refractivity contribution in [1.29, 1.82) is 0 Å². The largest absolute Gasteiger partial charge is 0.508 e. The summed E-state index contributed by atoms with van der Waals surface area (Å²) < 4.78 is 5.64. The SMILES string of the molecule is O=C(N/N=C/c1ccc(-c2ccc(Cl)cc2)o1)c1ccc(O)cc1. The van der Waals surface area contributed by atoms with Crippen molar-refractivity contribution in [2.24, 2.45) is 5.10 Å². The molecule has 1 heterocycles. The molecule has 1 aromatic heterocycles. The van der Waals surface area contributed by atoms with Crippen LogP contribution in [0.4, 0.5) is 0 Å². The number of carbonyl (C=O) groups excluding carboxylic acids is 1. The minimum absolute atomic E-state index is 0.0976. The predicted molar refractivity (Wildman–Crippen MR) is 92.3 cm³/mol. The molecule has 5 nitrogen and oxygen atoms in total. The zero-order valence-corrected chi connectivity index (χ0v) is 13.2. The van der Waals surface area contributed by atoms with Gasteiger partial charge >= 0.3 is 0 Å². The van der Waals surface area contributed by atoms with Crippen molar-refractivity contribution in [3.8, 4) is 17.1 Å². The summed E-state index contributed by atoms with van der Waals surface area (Å²) in [6.45, 7) is 0. The Morgan fingerprint density at radius 3 is 2.46 bits per heavy atom. The van der Waals surface area contributed by atoms with Crippen LogP contribution in [0.1, 0.15) is 16.1 Å². The number of aromatic hydroxyl groups is 1. The fourth-order valence-corrected chi connectivity index (χ4v) is 2.15. The maximum atomic E-state index is 11.9. The number of carbonyl (C=O) groups is 1. The molecule has 0 unspecified atom stereocenters. The van der Waals surface area contributed by atoms with E-state index in [0.29, 0.717) is 22.1 Å². The number of furan rings is 1. The van der Waals surface area contributed by atoms with E-state index in [1.807, 2.05) is 18.2 Å². The van der Waals surface area contributed by atoms with Gasteiger partial charge in [-0.1, -0.05) is 11.6 Å². The van der Waals surface area contributed by atoms with Gasteiger partial charge in [-0.3, -0.25) is 4.79 Å². The number of hydrogen-bond acceptors (Lipinski definition) is 4. The predicted octanol–water partition coefficient (Wildman–Crippen LogP) is 4.07. The van der Waals surface area contributed by atoms with Gasteiger partial charge < -0.3 is 9.52 Å². The molecule has 2 N–H and O–H groups in total. The smallest absolute Gasteiger partial charge is 0.271 e. The van der Waals surface area contributed by atoms with Gasteiger partial charge in [-0.2, -0.15) is 5.10 Å². The van der Waals surface area contributed by atoms with E-state index in [1.54, 1.807) is 18.2 Å². The minimum Gasteiger partial charge on any atom is -0.508 e. The molecule has 0 spiro atoms. The Labute approximate surface area is 143 Å². The average Bonchev–Trinajstić information content (AvgIpc) is 3.05. The quantitative estimate of drug-likeness (QED) is 0.555. The minimum atomic E-state index is -0.379. The zero-order valence-electron chi connectivity index (χ0n) is 12.4. The summed E-state index contributed by atoms with van der Waals surface area (Å²) in [5, 5.41) is 13.7. The molecule has 0 aliphatic carbocycles. The third-order valence-corrected chi connectivity index (χ3v) is 3.49. The molecule has 0 bridgehead atoms. The van der Waals surface area contributed by atoms with E-state index < -0.39 is 0 Å². The van der Waals surface area contributed by atoms with Crippen LogP contribution in [0.25, 0.3) is 11.3 Å². The van der Waals surface area contributed by atoms with Crippen molar-refractivity contribution in [1.82, 2.24) is 5.43 Å². The first-order chi connectivity index (χ1) is 11.6. The highest BCUT2D eigenvalue weighted by Crippen LogP contribution is 2.23. The lowest BCUT2D eigenvalue weighted by atomic mass is 10.2. The molecule has 0 aliphatic heterocycles. The Morgan fingerprint density at radius 1 is 1.04 bits per heavy atom. The number of hydrazone groups is 1. The molecule has 2 aromatic carbocycles. The van der Waals surface area contributed by atoms with Crippen molar-refractivity contribution < 1.29 is 14.3 Å². The molecule has 120 valence electrons. The van der Waals surface area contributed by atoms with Crippen molar-refractivity contribution >= 4 is 23.7 Å². The van der Waals surface area contributed by atoms with Gasteiger partial charge in [0.05, 0.1) is 6.21 Å². The lowest BCUT2D eigenvalue weighted by Crippen LogP contribution is -2.17. The van der Waals surface area contributed by atoms with Crippen LogP contribution in [0, 0.1) is 0 Å². The van der Waals surface area contributed by atoms with E-state index in [0.717, 1.165) is 5.56 Å². The molecular formula is C18H13ClN2O3. The molecule has 0 fully saturated rings. The standard InChI is InChI=1S/C18H13ClN2O3/c19-14-5-1-12(2-6-14)17-10-9-16(24-17)11-20-21-18(23)13-3-7-15(22)8-4-13/h1-11,22H,(H,21,23)/b20-11+. The van der Waals surface area contributed by atoms with Crippen LogP contribution in [0.15, 0.2) is 70.2 Å². The fraction of sp³-hybridized carbons (Fsp3) is 0. The first kappa shape index (κ1) is 15.8. The lowest BCUT2D eigenvalue weighted by Gasteiger charge is -1.99. The fourth-order valence-electron chi connectivity index (χ4n) is 2.02. The van der Waals surface area contributed by atoms with Gasteiger partial charge in [-0.05, 0) is 60.7 Å². The molecule has 1 amide bonds. The van der Waals surface area contributed by atoms with Gasteiger partial charge in [0.25, 0.3) is 5.91 Å². The highest BCUT2D eigenvalue weighted by Gasteiger charge is 2.05. The molecule has 0 radical (unpaired) electrons. The van der Waals surface area contributed by atoms with Gasteiger partial charge in [0.1, 0.15) is 17.3 Å². The lowest BCUT2D eigenvalue weighted by molar-refractivity contribution is 0.0955. The highest BCUT2D eigenvalue weighted by molar-refractivity contribution is 6.30. The number of phenolic OH excluding ortho intramolecular Hbond substituents is 1. The number of nitrogens with zero attached hydrogens (tertiary/aromatic N) is 1. The monoisotopic (exact) mass is 340 g/mol. The van der Waals surface area contributed by atoms with Crippen molar-refractivity contribution in [3.05, 3.63) is 77.0 Å². The van der Waals surface area contributed by atoms with Gasteiger partial charge in [0.15, 0.2) is 0 Å². The Hall–Kier alpha value is -3.05. The van der Waals surface area contributed by atoms with E-state index in [1.165, 1.54) is 30.5 Å². The van der Waals surface area contributed by atoms with Crippen LogP contribution < -0.4 is 5.43 Å². The van der Waals surface area contributed by atoms with Crippen LogP contribution in [0.2, 0.25) is 5.02 Å². The summed E-state index contributed by atoms with van der Waals surface area (Å²) in [5.74, 6) is 0.903. The molecule has 0 saturated heterocycles. The second kappa shape index (κ2) is 7.02. The third-order valence-electron chi connectivity index (χ3n) is 3.24. The number of phenols is 1. The summed E-state index contributed by atoms with van der Waals surface area (Å²) in [5.41, 5.74) is 3.69. The van der Waals surface area contributed by atoms with Crippen molar-refractivity contribution in [2.45, 2.75) is 0 Å². The molecule has 3 rings (SSSR count). The number of halogens is 1. The van der Waals surface area contributed by atoms with Gasteiger partial charge in [0, 0.05) is 16.1 Å². The van der Waals surface area contributed by atoms with Crippen LogP contribution >= 0.6 is 11.6 Å². The van der Waals surface area contributed by atoms with E-state index in [-0.39, 0.29) is 11.7 Å². The van der Waals surface area contributed by atoms with Crippen LogP contribution in [-0.2, 0) is 0 Å². The summed E-state index contributed by atoms with van der Waals surface area (Å²) in [4.78, 5) is 11.9. The summed E-state index contributed by atoms with van der Waals surface area (Å²) >= 11 is 5.86. The number of nitrogens with one attached hydrogen (secondary N) is 1. The van der Waals surface area contributed by atoms with Crippen LogP contribution in [0.3, 0.4) is 0 Å². The molecular weight excluding hydrogens is 328 g/mol. The molecule has 0 atom stereocenters. The average molecular weight is 341 g/mol. The van der Waals surface area contributed by atoms with Gasteiger partial charge in [-0.15, -0.1) is 0 Å². The van der Waals surface area contributed by atoms with Crippen LogP contribution in [-0.4, -0.2) is 17.2 Å².